The van der Waals surface area contributed by atoms with Crippen molar-refractivity contribution >= 4 is 23.3 Å². The Labute approximate surface area is 158 Å². The molecule has 138 valence electrons. The average Bonchev–Trinajstić information content (AvgIpc) is 3.33. The minimum Gasteiger partial charge on any atom is -0.336 e. The lowest BCUT2D eigenvalue weighted by atomic mass is 9.95. The second-order valence-electron chi connectivity index (χ2n) is 6.69. The molecule has 0 bridgehead atoms. The molecule has 1 aliphatic rings. The van der Waals surface area contributed by atoms with Crippen LogP contribution in [0.2, 0.25) is 0 Å². The van der Waals surface area contributed by atoms with Crippen molar-refractivity contribution in [2.45, 2.75) is 32.2 Å². The minimum atomic E-state index is -0.283. The van der Waals surface area contributed by atoms with Gasteiger partial charge in [0, 0.05) is 18.7 Å². The highest BCUT2D eigenvalue weighted by Crippen LogP contribution is 2.25. The first-order valence-corrected chi connectivity index (χ1v) is 10.0. The first-order chi connectivity index (χ1) is 12.6. The van der Waals surface area contributed by atoms with E-state index in [2.05, 4.69) is 54.9 Å². The summed E-state index contributed by atoms with van der Waals surface area (Å²) in [4.78, 5) is 26.6. The lowest BCUT2D eigenvalue weighted by molar-refractivity contribution is -0.676. The van der Waals surface area contributed by atoms with Gasteiger partial charge in [-0.3, -0.25) is 9.69 Å². The van der Waals surface area contributed by atoms with Crippen LogP contribution in [-0.4, -0.2) is 36.5 Å². The molecule has 3 amide bonds. The van der Waals surface area contributed by atoms with Gasteiger partial charge in [0.25, 0.3) is 5.91 Å². The Morgan fingerprint density at radius 1 is 1.27 bits per heavy atom. The van der Waals surface area contributed by atoms with Gasteiger partial charge in [-0.05, 0) is 29.3 Å². The minimum absolute atomic E-state index is 0.0654. The fourth-order valence-electron chi connectivity index (χ4n) is 3.19. The maximum atomic E-state index is 12.4. The topological polar surface area (TPSA) is 66.0 Å². The summed E-state index contributed by atoms with van der Waals surface area (Å²) in [5.74, 6) is 0.404. The first-order valence-electron chi connectivity index (χ1n) is 9.15. The van der Waals surface area contributed by atoms with Crippen LogP contribution in [0.3, 0.4) is 0 Å². The van der Waals surface area contributed by atoms with Crippen LogP contribution in [0.4, 0.5) is 4.79 Å². The summed E-state index contributed by atoms with van der Waals surface area (Å²) in [5.41, 5.74) is 2.52. The van der Waals surface area contributed by atoms with Gasteiger partial charge < -0.3 is 10.6 Å². The quantitative estimate of drug-likeness (QED) is 0.784. The molecule has 0 saturated carbocycles. The first kappa shape index (κ1) is 18.6. The van der Waals surface area contributed by atoms with E-state index in [1.807, 2.05) is 11.4 Å². The zero-order chi connectivity index (χ0) is 18.5. The number of hydrogen-bond acceptors (Lipinski definition) is 3. The Kier molecular flexibility index (Phi) is 6.06. The van der Waals surface area contributed by atoms with Crippen LogP contribution in [-0.2, 0) is 4.79 Å². The standard InChI is InChI=1S/C20H25N3O2S/c1-3-14(2)15-6-8-16(9-7-15)19(17-5-4-12-26-17)22-13-18(24)23-11-10-21-20(23)25/h4-9,12,14,19,22H,3,10-11,13H2,1-2H3,(H,21,25)/p+1/t14-,19+/m0/s1. The Bertz CT molecular complexity index is 743. The molecule has 2 heterocycles. The summed E-state index contributed by atoms with van der Waals surface area (Å²) < 4.78 is 0. The number of benzene rings is 1. The SMILES string of the molecule is CC[C@H](C)c1ccc([C@@H]([NH2+]CC(=O)N2CCNC2=O)c2cccs2)cc1. The summed E-state index contributed by atoms with van der Waals surface area (Å²) in [7, 11) is 0. The zero-order valence-corrected chi connectivity index (χ0v) is 16.1. The number of quaternary nitrogens is 1. The van der Waals surface area contributed by atoms with Crippen molar-refractivity contribution in [3.63, 3.8) is 0 Å². The van der Waals surface area contributed by atoms with Crippen LogP contribution in [0.1, 0.15) is 48.2 Å². The fourth-order valence-corrected chi connectivity index (χ4v) is 4.04. The molecule has 1 fully saturated rings. The normalized spacial score (nSPS) is 16.4. The van der Waals surface area contributed by atoms with Gasteiger partial charge in [0.2, 0.25) is 0 Å². The Morgan fingerprint density at radius 2 is 2.00 bits per heavy atom. The fraction of sp³-hybridized carbons (Fsp3) is 0.400. The predicted molar refractivity (Wildman–Crippen MR) is 103 cm³/mol. The molecule has 1 aliphatic heterocycles. The molecule has 1 saturated heterocycles. The van der Waals surface area contributed by atoms with Crippen LogP contribution in [0.15, 0.2) is 41.8 Å². The Balaban J connectivity index is 1.74. The molecule has 0 unspecified atom stereocenters. The third-order valence-corrected chi connectivity index (χ3v) is 5.97. The Hall–Kier alpha value is -2.18. The van der Waals surface area contributed by atoms with Crippen LogP contribution < -0.4 is 10.6 Å². The van der Waals surface area contributed by atoms with E-state index in [1.165, 1.54) is 20.9 Å². The number of rotatable bonds is 7. The van der Waals surface area contributed by atoms with Crippen molar-refractivity contribution in [2.75, 3.05) is 19.6 Å². The van der Waals surface area contributed by atoms with E-state index in [0.29, 0.717) is 19.0 Å². The number of carbonyl (C=O) groups excluding carboxylic acids is 2. The van der Waals surface area contributed by atoms with Gasteiger partial charge in [-0.1, -0.05) is 44.2 Å². The third-order valence-electron chi connectivity index (χ3n) is 5.01. The molecular formula is C20H26N3O2S+. The van der Waals surface area contributed by atoms with E-state index in [4.69, 9.17) is 0 Å². The van der Waals surface area contributed by atoms with Crippen molar-refractivity contribution in [1.82, 2.24) is 10.2 Å². The van der Waals surface area contributed by atoms with Crippen LogP contribution >= 0.6 is 11.3 Å². The highest BCUT2D eigenvalue weighted by Gasteiger charge is 2.28. The van der Waals surface area contributed by atoms with Crippen LogP contribution in [0.25, 0.3) is 0 Å². The molecule has 2 aromatic rings. The van der Waals surface area contributed by atoms with Gasteiger partial charge in [0.15, 0.2) is 6.54 Å². The second-order valence-corrected chi connectivity index (χ2v) is 7.67. The number of urea groups is 1. The summed E-state index contributed by atoms with van der Waals surface area (Å²) in [6, 6.07) is 12.6. The molecule has 26 heavy (non-hydrogen) atoms. The van der Waals surface area contributed by atoms with Crippen molar-refractivity contribution in [2.24, 2.45) is 0 Å². The molecular weight excluding hydrogens is 346 g/mol. The molecule has 3 N–H and O–H groups in total. The van der Waals surface area contributed by atoms with Crippen molar-refractivity contribution < 1.29 is 14.9 Å². The summed E-state index contributed by atoms with van der Waals surface area (Å²) in [6.07, 6.45) is 1.12. The number of nitrogens with zero attached hydrogens (tertiary/aromatic N) is 1. The van der Waals surface area contributed by atoms with Crippen molar-refractivity contribution in [3.05, 3.63) is 57.8 Å². The summed E-state index contributed by atoms with van der Waals surface area (Å²) >= 11 is 1.69. The van der Waals surface area contributed by atoms with Gasteiger partial charge in [-0.25, -0.2) is 4.79 Å². The van der Waals surface area contributed by atoms with Gasteiger partial charge in [-0.15, -0.1) is 11.3 Å². The molecule has 1 aromatic heterocycles. The number of hydrogen-bond donors (Lipinski definition) is 2. The largest absolute Gasteiger partial charge is 0.336 e. The van der Waals surface area contributed by atoms with Gasteiger partial charge >= 0.3 is 6.03 Å². The average molecular weight is 373 g/mol. The molecule has 5 nitrogen and oxygen atoms in total. The van der Waals surface area contributed by atoms with Crippen LogP contribution in [0, 0.1) is 0 Å². The zero-order valence-electron chi connectivity index (χ0n) is 15.3. The number of thiophene rings is 1. The number of nitrogens with one attached hydrogen (secondary N) is 1. The van der Waals surface area contributed by atoms with Gasteiger partial charge in [-0.2, -0.15) is 0 Å². The number of imide groups is 1. The van der Waals surface area contributed by atoms with Gasteiger partial charge in [0.05, 0.1) is 4.88 Å². The highest BCUT2D eigenvalue weighted by atomic mass is 32.1. The molecule has 2 atom stereocenters. The van der Waals surface area contributed by atoms with Gasteiger partial charge in [0.1, 0.15) is 6.04 Å². The highest BCUT2D eigenvalue weighted by molar-refractivity contribution is 7.10. The van der Waals surface area contributed by atoms with E-state index in [0.717, 1.165) is 6.42 Å². The van der Waals surface area contributed by atoms with Crippen LogP contribution in [0.5, 0.6) is 0 Å². The lowest BCUT2D eigenvalue weighted by Crippen LogP contribution is -2.87. The van der Waals surface area contributed by atoms with E-state index < -0.39 is 0 Å². The Morgan fingerprint density at radius 3 is 2.58 bits per heavy atom. The number of amides is 3. The number of nitrogens with two attached hydrogens (primary N) is 1. The van der Waals surface area contributed by atoms with E-state index in [1.54, 1.807) is 11.3 Å². The van der Waals surface area contributed by atoms with Crippen molar-refractivity contribution in [1.29, 1.82) is 0 Å². The predicted octanol–water partition coefficient (Wildman–Crippen LogP) is 2.47. The lowest BCUT2D eigenvalue weighted by Gasteiger charge is -2.18. The molecule has 3 rings (SSSR count). The molecule has 6 heteroatoms. The molecule has 0 radical (unpaired) electrons. The maximum Gasteiger partial charge on any atom is 0.324 e. The molecule has 0 spiro atoms. The molecule has 1 aromatic carbocycles. The molecule has 0 aliphatic carbocycles. The third kappa shape index (κ3) is 4.14. The van der Waals surface area contributed by atoms with E-state index in [-0.39, 0.29) is 24.5 Å². The monoisotopic (exact) mass is 372 g/mol. The van der Waals surface area contributed by atoms with E-state index in [9.17, 15) is 9.59 Å². The summed E-state index contributed by atoms with van der Waals surface area (Å²) in [6.45, 7) is 5.68. The second kappa shape index (κ2) is 8.47. The number of carbonyl (C=O) groups is 2. The summed E-state index contributed by atoms with van der Waals surface area (Å²) in [5, 5.41) is 6.75. The van der Waals surface area contributed by atoms with E-state index >= 15 is 0 Å². The smallest absolute Gasteiger partial charge is 0.324 e. The van der Waals surface area contributed by atoms with Crippen molar-refractivity contribution in [3.8, 4) is 0 Å². The maximum absolute atomic E-state index is 12.4.